The highest BCUT2D eigenvalue weighted by atomic mass is 16.5. The normalized spacial score (nSPS) is 27.2. The van der Waals surface area contributed by atoms with Crippen LogP contribution in [0.15, 0.2) is 12.4 Å². The summed E-state index contributed by atoms with van der Waals surface area (Å²) in [4.78, 5) is 0. The maximum absolute atomic E-state index is 5.62. The molecule has 0 amide bonds. The average molecular weight is 224 g/mol. The van der Waals surface area contributed by atoms with E-state index in [4.69, 9.17) is 10.6 Å². The summed E-state index contributed by atoms with van der Waals surface area (Å²) in [5, 5.41) is 4.16. The Labute approximate surface area is 95.9 Å². The van der Waals surface area contributed by atoms with E-state index in [1.807, 2.05) is 24.1 Å². The number of hydrogen-bond acceptors (Lipinski definition) is 4. The Hall–Kier alpha value is -0.910. The monoisotopic (exact) mass is 224 g/mol. The highest BCUT2D eigenvalue weighted by molar-refractivity contribution is 5.06. The number of nitrogens with one attached hydrogen (secondary N) is 1. The molecule has 1 aromatic rings. The smallest absolute Gasteiger partial charge is 0.0551 e. The van der Waals surface area contributed by atoms with E-state index in [1.165, 1.54) is 5.56 Å². The third kappa shape index (κ3) is 2.61. The molecule has 2 rings (SSSR count). The Morgan fingerprint density at radius 3 is 3.06 bits per heavy atom. The van der Waals surface area contributed by atoms with Crippen LogP contribution in [0.5, 0.6) is 0 Å². The Balaban J connectivity index is 1.95. The van der Waals surface area contributed by atoms with E-state index in [2.05, 4.69) is 17.4 Å². The van der Waals surface area contributed by atoms with Gasteiger partial charge in [-0.1, -0.05) is 0 Å². The molecule has 0 spiro atoms. The standard InChI is InChI=1S/C11H20N4O/c1-8-3-10(7-16-8)11(14-12)4-9-5-13-15(2)6-9/h5-6,8,10-11,14H,3-4,7,12H2,1-2H3. The van der Waals surface area contributed by atoms with Gasteiger partial charge >= 0.3 is 0 Å². The van der Waals surface area contributed by atoms with Crippen molar-refractivity contribution in [3.05, 3.63) is 18.0 Å². The molecule has 2 heterocycles. The first kappa shape index (κ1) is 11.6. The van der Waals surface area contributed by atoms with Crippen molar-refractivity contribution in [2.24, 2.45) is 18.8 Å². The molecule has 1 fully saturated rings. The topological polar surface area (TPSA) is 65.1 Å². The summed E-state index contributed by atoms with van der Waals surface area (Å²) < 4.78 is 7.39. The fourth-order valence-corrected chi connectivity index (χ4v) is 2.32. The maximum Gasteiger partial charge on any atom is 0.0551 e. The second-order valence-corrected chi connectivity index (χ2v) is 4.64. The molecule has 1 saturated heterocycles. The molecule has 1 aliphatic rings. The molecule has 0 saturated carbocycles. The van der Waals surface area contributed by atoms with Crippen molar-refractivity contribution in [3.63, 3.8) is 0 Å². The van der Waals surface area contributed by atoms with Crippen molar-refractivity contribution in [3.8, 4) is 0 Å². The molecule has 0 bridgehead atoms. The van der Waals surface area contributed by atoms with Gasteiger partial charge in [0.1, 0.15) is 0 Å². The Bertz CT molecular complexity index is 338. The van der Waals surface area contributed by atoms with E-state index in [9.17, 15) is 0 Å². The van der Waals surface area contributed by atoms with Crippen molar-refractivity contribution in [2.45, 2.75) is 31.9 Å². The van der Waals surface area contributed by atoms with Crippen LogP contribution in [0.4, 0.5) is 0 Å². The number of aromatic nitrogens is 2. The van der Waals surface area contributed by atoms with Crippen LogP contribution >= 0.6 is 0 Å². The van der Waals surface area contributed by atoms with E-state index in [-0.39, 0.29) is 6.04 Å². The van der Waals surface area contributed by atoms with Crippen LogP contribution in [-0.2, 0) is 18.2 Å². The van der Waals surface area contributed by atoms with E-state index >= 15 is 0 Å². The van der Waals surface area contributed by atoms with Crippen molar-refractivity contribution in [2.75, 3.05) is 6.61 Å². The van der Waals surface area contributed by atoms with Crippen LogP contribution in [-0.4, -0.2) is 28.5 Å². The minimum absolute atomic E-state index is 0.272. The lowest BCUT2D eigenvalue weighted by atomic mass is 9.93. The number of hydrogen-bond donors (Lipinski definition) is 2. The zero-order valence-corrected chi connectivity index (χ0v) is 9.89. The lowest BCUT2D eigenvalue weighted by molar-refractivity contribution is 0.117. The summed E-state index contributed by atoms with van der Waals surface area (Å²) in [6, 6.07) is 0.272. The quantitative estimate of drug-likeness (QED) is 0.567. The number of rotatable bonds is 4. The molecule has 1 aliphatic heterocycles. The lowest BCUT2D eigenvalue weighted by Crippen LogP contribution is -2.42. The fraction of sp³-hybridized carbons (Fsp3) is 0.727. The third-order valence-electron chi connectivity index (χ3n) is 3.23. The van der Waals surface area contributed by atoms with Crippen LogP contribution in [0.3, 0.4) is 0 Å². The zero-order chi connectivity index (χ0) is 11.5. The van der Waals surface area contributed by atoms with Crippen LogP contribution in [0.25, 0.3) is 0 Å². The summed E-state index contributed by atoms with van der Waals surface area (Å²) in [5.41, 5.74) is 4.12. The molecule has 16 heavy (non-hydrogen) atoms. The van der Waals surface area contributed by atoms with E-state index in [0.717, 1.165) is 19.4 Å². The third-order valence-corrected chi connectivity index (χ3v) is 3.23. The SMILES string of the molecule is CC1CC(C(Cc2cnn(C)c2)NN)CO1. The van der Waals surface area contributed by atoms with Crippen LogP contribution in [0, 0.1) is 5.92 Å². The van der Waals surface area contributed by atoms with Crippen LogP contribution < -0.4 is 11.3 Å². The molecule has 3 N–H and O–H groups in total. The predicted molar refractivity (Wildman–Crippen MR) is 61.5 cm³/mol. The van der Waals surface area contributed by atoms with Crippen molar-refractivity contribution in [1.82, 2.24) is 15.2 Å². The van der Waals surface area contributed by atoms with Gasteiger partial charge in [0.2, 0.25) is 0 Å². The Morgan fingerprint density at radius 1 is 1.75 bits per heavy atom. The van der Waals surface area contributed by atoms with Gasteiger partial charge in [0.05, 0.1) is 18.9 Å². The molecule has 90 valence electrons. The van der Waals surface area contributed by atoms with E-state index in [1.54, 1.807) is 0 Å². The molecule has 0 aromatic carbocycles. The summed E-state index contributed by atoms with van der Waals surface area (Å²) in [5.74, 6) is 6.12. The number of aryl methyl sites for hydroxylation is 1. The number of nitrogens with two attached hydrogens (primary N) is 1. The van der Waals surface area contributed by atoms with Gasteiger partial charge in [-0.2, -0.15) is 5.10 Å². The summed E-state index contributed by atoms with van der Waals surface area (Å²) in [6.45, 7) is 2.91. The largest absolute Gasteiger partial charge is 0.378 e. The zero-order valence-electron chi connectivity index (χ0n) is 9.89. The highest BCUT2D eigenvalue weighted by Crippen LogP contribution is 2.23. The van der Waals surface area contributed by atoms with E-state index < -0.39 is 0 Å². The number of hydrazine groups is 1. The van der Waals surface area contributed by atoms with Gasteiger partial charge in [0, 0.05) is 25.2 Å². The van der Waals surface area contributed by atoms with Gasteiger partial charge in [0.25, 0.3) is 0 Å². The van der Waals surface area contributed by atoms with Gasteiger partial charge in [-0.3, -0.25) is 16.0 Å². The summed E-state index contributed by atoms with van der Waals surface area (Å²) >= 11 is 0. The van der Waals surface area contributed by atoms with Gasteiger partial charge in [-0.15, -0.1) is 0 Å². The predicted octanol–water partition coefficient (Wildman–Crippen LogP) is 0.220. The second-order valence-electron chi connectivity index (χ2n) is 4.64. The molecule has 0 aliphatic carbocycles. The van der Waals surface area contributed by atoms with Gasteiger partial charge < -0.3 is 4.74 Å². The Morgan fingerprint density at radius 2 is 2.56 bits per heavy atom. The fourth-order valence-electron chi connectivity index (χ4n) is 2.32. The highest BCUT2D eigenvalue weighted by Gasteiger charge is 2.29. The molecule has 5 nitrogen and oxygen atoms in total. The number of nitrogens with zero attached hydrogens (tertiary/aromatic N) is 2. The van der Waals surface area contributed by atoms with Crippen LogP contribution in [0.1, 0.15) is 18.9 Å². The minimum atomic E-state index is 0.272. The molecule has 5 heteroatoms. The Kier molecular flexibility index (Phi) is 3.58. The maximum atomic E-state index is 5.62. The first-order valence-corrected chi connectivity index (χ1v) is 5.74. The first-order chi connectivity index (χ1) is 7.69. The van der Waals surface area contributed by atoms with Gasteiger partial charge in [-0.05, 0) is 25.3 Å². The molecule has 1 aromatic heterocycles. The first-order valence-electron chi connectivity index (χ1n) is 5.74. The van der Waals surface area contributed by atoms with Crippen LogP contribution in [0.2, 0.25) is 0 Å². The van der Waals surface area contributed by atoms with Gasteiger partial charge in [0.15, 0.2) is 0 Å². The molecule has 3 atom stereocenters. The van der Waals surface area contributed by atoms with Crippen molar-refractivity contribution in [1.29, 1.82) is 0 Å². The average Bonchev–Trinajstić information content (AvgIpc) is 2.84. The molecular weight excluding hydrogens is 204 g/mol. The van der Waals surface area contributed by atoms with Crippen molar-refractivity contribution >= 4 is 0 Å². The lowest BCUT2D eigenvalue weighted by Gasteiger charge is -2.20. The van der Waals surface area contributed by atoms with Gasteiger partial charge in [-0.25, -0.2) is 0 Å². The summed E-state index contributed by atoms with van der Waals surface area (Å²) in [7, 11) is 1.93. The molecule has 3 unspecified atom stereocenters. The summed E-state index contributed by atoms with van der Waals surface area (Å²) in [6.07, 6.45) is 6.27. The number of ether oxygens (including phenoxy) is 1. The molecule has 0 radical (unpaired) electrons. The second kappa shape index (κ2) is 4.95. The minimum Gasteiger partial charge on any atom is -0.378 e. The van der Waals surface area contributed by atoms with Crippen molar-refractivity contribution < 1.29 is 4.74 Å². The molecular formula is C11H20N4O. The van der Waals surface area contributed by atoms with E-state index in [0.29, 0.717) is 12.0 Å².